The summed E-state index contributed by atoms with van der Waals surface area (Å²) in [5, 5.41) is 10.4. The smallest absolute Gasteiger partial charge is 0.328 e. The molecular formula is C19H24F2N6O2. The molecule has 2 N–H and O–H groups in total. The summed E-state index contributed by atoms with van der Waals surface area (Å²) < 4.78 is 32.9. The van der Waals surface area contributed by atoms with Crippen molar-refractivity contribution >= 4 is 23.6 Å². The highest BCUT2D eigenvalue weighted by atomic mass is 19.3. The summed E-state index contributed by atoms with van der Waals surface area (Å²) in [5.41, 5.74) is 2.75. The number of esters is 1. The third kappa shape index (κ3) is 3.75. The molecule has 10 heteroatoms. The third-order valence-corrected chi connectivity index (χ3v) is 5.39. The number of H-pyrrole nitrogens is 1. The SMILES string of the molecule is COC(=O)[C@@H]1CC(F)(F)CN1c1nc2c(c(Nc3cc(C(C)C)[nH]n3)n1)CCC2. The van der Waals surface area contributed by atoms with E-state index in [1.807, 2.05) is 6.07 Å². The number of carbonyl (C=O) groups is 1. The van der Waals surface area contributed by atoms with E-state index in [1.165, 1.54) is 12.0 Å². The predicted octanol–water partition coefficient (Wildman–Crippen LogP) is 2.94. The molecule has 2 aromatic heterocycles. The standard InChI is InChI=1S/C19H24F2N6O2/c1-10(2)13-7-15(26-25-13)23-16-11-5-4-6-12(11)22-18(24-16)27-9-19(20,21)8-14(27)17(28)29-3/h7,10,14H,4-6,8-9H2,1-3H3,(H2,22,23,24,25,26)/t14-/m0/s1. The number of aryl methyl sites for hydroxylation is 1. The zero-order valence-electron chi connectivity index (χ0n) is 16.6. The second kappa shape index (κ2) is 7.23. The first-order valence-electron chi connectivity index (χ1n) is 9.72. The van der Waals surface area contributed by atoms with Crippen LogP contribution < -0.4 is 10.2 Å². The minimum Gasteiger partial charge on any atom is -0.467 e. The number of nitrogens with one attached hydrogen (secondary N) is 2. The van der Waals surface area contributed by atoms with Crippen LogP contribution >= 0.6 is 0 Å². The number of halogens is 2. The molecule has 4 rings (SSSR count). The maximum Gasteiger partial charge on any atom is 0.328 e. The normalized spacial score (nSPS) is 20.2. The van der Waals surface area contributed by atoms with Crippen molar-refractivity contribution in [3.63, 3.8) is 0 Å². The molecule has 0 saturated carbocycles. The van der Waals surface area contributed by atoms with E-state index in [2.05, 4.69) is 39.3 Å². The lowest BCUT2D eigenvalue weighted by molar-refractivity contribution is -0.142. The van der Waals surface area contributed by atoms with Crippen molar-refractivity contribution in [1.82, 2.24) is 20.2 Å². The average Bonchev–Trinajstić information content (AvgIpc) is 3.38. The van der Waals surface area contributed by atoms with Gasteiger partial charge in [0.15, 0.2) is 5.82 Å². The number of rotatable bonds is 5. The third-order valence-electron chi connectivity index (χ3n) is 5.39. The van der Waals surface area contributed by atoms with E-state index in [-0.39, 0.29) is 11.9 Å². The van der Waals surface area contributed by atoms with Gasteiger partial charge >= 0.3 is 5.97 Å². The van der Waals surface area contributed by atoms with Crippen LogP contribution in [0.25, 0.3) is 0 Å². The van der Waals surface area contributed by atoms with Gasteiger partial charge in [-0.15, -0.1) is 0 Å². The Kier molecular flexibility index (Phi) is 4.87. The van der Waals surface area contributed by atoms with E-state index >= 15 is 0 Å². The minimum absolute atomic E-state index is 0.111. The maximum absolute atomic E-state index is 14.1. The quantitative estimate of drug-likeness (QED) is 0.737. The van der Waals surface area contributed by atoms with Gasteiger partial charge < -0.3 is 15.0 Å². The van der Waals surface area contributed by atoms with Crippen molar-refractivity contribution in [2.45, 2.75) is 57.4 Å². The van der Waals surface area contributed by atoms with E-state index in [0.717, 1.165) is 36.2 Å². The highest BCUT2D eigenvalue weighted by Gasteiger charge is 2.50. The monoisotopic (exact) mass is 406 g/mol. The van der Waals surface area contributed by atoms with Gasteiger partial charge in [-0.2, -0.15) is 10.1 Å². The van der Waals surface area contributed by atoms with Crippen LogP contribution in [0.5, 0.6) is 0 Å². The Morgan fingerprint density at radius 1 is 1.38 bits per heavy atom. The second-order valence-electron chi connectivity index (χ2n) is 7.87. The van der Waals surface area contributed by atoms with Gasteiger partial charge in [-0.3, -0.25) is 5.10 Å². The molecule has 0 unspecified atom stereocenters. The molecule has 2 aliphatic rings. The molecule has 1 fully saturated rings. The molecule has 156 valence electrons. The Morgan fingerprint density at radius 3 is 2.86 bits per heavy atom. The lowest BCUT2D eigenvalue weighted by Gasteiger charge is -2.23. The zero-order chi connectivity index (χ0) is 20.8. The van der Waals surface area contributed by atoms with Gasteiger partial charge in [0, 0.05) is 23.7 Å². The number of fused-ring (bicyclic) bond motifs is 1. The summed E-state index contributed by atoms with van der Waals surface area (Å²) in [6.07, 6.45) is 1.84. The Hall–Kier alpha value is -2.78. The van der Waals surface area contributed by atoms with Crippen LogP contribution in [0.2, 0.25) is 0 Å². The number of nitrogens with zero attached hydrogens (tertiary/aromatic N) is 4. The fraction of sp³-hybridized carbons (Fsp3) is 0.579. The molecular weight excluding hydrogens is 382 g/mol. The summed E-state index contributed by atoms with van der Waals surface area (Å²) in [6, 6.07) is 0.787. The molecule has 29 heavy (non-hydrogen) atoms. The molecule has 8 nitrogen and oxygen atoms in total. The van der Waals surface area contributed by atoms with Gasteiger partial charge in [0.1, 0.15) is 11.9 Å². The number of alkyl halides is 2. The van der Waals surface area contributed by atoms with Crippen molar-refractivity contribution < 1.29 is 18.3 Å². The van der Waals surface area contributed by atoms with Crippen molar-refractivity contribution in [3.05, 3.63) is 23.0 Å². The first-order chi connectivity index (χ1) is 13.8. The van der Waals surface area contributed by atoms with Crippen LogP contribution in [0.4, 0.5) is 26.4 Å². The summed E-state index contributed by atoms with van der Waals surface area (Å²) in [5.74, 6) is -2.18. The van der Waals surface area contributed by atoms with Crippen molar-refractivity contribution in [2.75, 3.05) is 23.9 Å². The number of carbonyl (C=O) groups excluding carboxylic acids is 1. The summed E-state index contributed by atoms with van der Waals surface area (Å²) in [6.45, 7) is 3.49. The number of anilines is 3. The largest absolute Gasteiger partial charge is 0.467 e. The van der Waals surface area contributed by atoms with Crippen LogP contribution in [-0.2, 0) is 22.4 Å². The first kappa shape index (κ1) is 19.5. The molecule has 0 radical (unpaired) electrons. The molecule has 0 amide bonds. The van der Waals surface area contributed by atoms with Gasteiger partial charge in [-0.25, -0.2) is 18.6 Å². The lowest BCUT2D eigenvalue weighted by Crippen LogP contribution is -2.38. The van der Waals surface area contributed by atoms with E-state index in [0.29, 0.717) is 11.6 Å². The average molecular weight is 406 g/mol. The number of aromatic amines is 1. The molecule has 1 saturated heterocycles. The van der Waals surface area contributed by atoms with Crippen molar-refractivity contribution in [1.29, 1.82) is 0 Å². The molecule has 2 aromatic rings. The highest BCUT2D eigenvalue weighted by Crippen LogP contribution is 2.37. The summed E-state index contributed by atoms with van der Waals surface area (Å²) in [7, 11) is 1.19. The number of methoxy groups -OCH3 is 1. The fourth-order valence-corrected chi connectivity index (χ4v) is 3.84. The van der Waals surface area contributed by atoms with Crippen LogP contribution in [0.1, 0.15) is 49.6 Å². The molecule has 3 heterocycles. The molecule has 1 aliphatic carbocycles. The minimum atomic E-state index is -3.01. The van der Waals surface area contributed by atoms with E-state index in [4.69, 9.17) is 4.74 Å². The topological polar surface area (TPSA) is 96.0 Å². The summed E-state index contributed by atoms with van der Waals surface area (Å²) >= 11 is 0. The number of ether oxygens (including phenoxy) is 1. The zero-order valence-corrected chi connectivity index (χ0v) is 16.6. The van der Waals surface area contributed by atoms with Gasteiger partial charge in [0.2, 0.25) is 5.95 Å². The molecule has 0 spiro atoms. The van der Waals surface area contributed by atoms with E-state index in [9.17, 15) is 13.6 Å². The van der Waals surface area contributed by atoms with Crippen LogP contribution in [-0.4, -0.2) is 51.8 Å². The second-order valence-corrected chi connectivity index (χ2v) is 7.87. The molecule has 1 atom stereocenters. The lowest BCUT2D eigenvalue weighted by atomic mass is 10.1. The van der Waals surface area contributed by atoms with Crippen molar-refractivity contribution in [3.8, 4) is 0 Å². The fourth-order valence-electron chi connectivity index (χ4n) is 3.84. The van der Waals surface area contributed by atoms with Gasteiger partial charge in [0.25, 0.3) is 5.92 Å². The Morgan fingerprint density at radius 2 is 2.17 bits per heavy atom. The summed E-state index contributed by atoms with van der Waals surface area (Å²) in [4.78, 5) is 22.4. The van der Waals surface area contributed by atoms with E-state index < -0.39 is 30.9 Å². The Labute approximate surface area is 167 Å². The Bertz CT molecular complexity index is 929. The number of aromatic nitrogens is 4. The molecule has 0 bridgehead atoms. The van der Waals surface area contributed by atoms with Crippen molar-refractivity contribution in [2.24, 2.45) is 0 Å². The molecule has 0 aromatic carbocycles. The predicted molar refractivity (Wildman–Crippen MR) is 103 cm³/mol. The van der Waals surface area contributed by atoms with Gasteiger partial charge in [-0.05, 0) is 25.2 Å². The van der Waals surface area contributed by atoms with E-state index in [1.54, 1.807) is 0 Å². The van der Waals surface area contributed by atoms with Crippen LogP contribution in [0.15, 0.2) is 6.07 Å². The molecule has 1 aliphatic heterocycles. The van der Waals surface area contributed by atoms with Gasteiger partial charge in [-0.1, -0.05) is 13.8 Å². The highest BCUT2D eigenvalue weighted by molar-refractivity contribution is 5.80. The van der Waals surface area contributed by atoms with Gasteiger partial charge in [0.05, 0.1) is 19.3 Å². The Balaban J connectivity index is 1.69. The number of hydrogen-bond acceptors (Lipinski definition) is 7. The first-order valence-corrected chi connectivity index (χ1v) is 9.72. The number of hydrogen-bond donors (Lipinski definition) is 2. The maximum atomic E-state index is 14.1. The van der Waals surface area contributed by atoms with Crippen LogP contribution in [0.3, 0.4) is 0 Å². The van der Waals surface area contributed by atoms with Crippen LogP contribution in [0, 0.1) is 0 Å².